The van der Waals surface area contributed by atoms with E-state index in [2.05, 4.69) is 10.3 Å². The summed E-state index contributed by atoms with van der Waals surface area (Å²) in [6.07, 6.45) is 9.90. The Morgan fingerprint density at radius 1 is 1.09 bits per heavy atom. The molecule has 1 aliphatic rings. The minimum Gasteiger partial charge on any atom is -0.308 e. The molecule has 1 aromatic carbocycles. The lowest BCUT2D eigenvalue weighted by Gasteiger charge is -2.14. The fraction of sp³-hybridized carbons (Fsp3) is 0.471. The molecule has 3 rings (SSSR count). The summed E-state index contributed by atoms with van der Waals surface area (Å²) in [4.78, 5) is 5.56. The summed E-state index contributed by atoms with van der Waals surface area (Å²) < 4.78 is 0. The van der Waals surface area contributed by atoms with Crippen LogP contribution in [0.2, 0.25) is 10.0 Å². The van der Waals surface area contributed by atoms with Crippen molar-refractivity contribution in [1.29, 1.82) is 0 Å². The number of nitrogens with zero attached hydrogens (tertiary/aromatic N) is 1. The Kier molecular flexibility index (Phi) is 5.75. The van der Waals surface area contributed by atoms with Gasteiger partial charge in [-0.3, -0.25) is 0 Å². The Labute approximate surface area is 145 Å². The lowest BCUT2D eigenvalue weighted by molar-refractivity contribution is 0.458. The smallest absolute Gasteiger partial charge is 0.107 e. The highest BCUT2D eigenvalue weighted by molar-refractivity contribution is 7.15. The largest absolute Gasteiger partial charge is 0.308 e. The standard InChI is InChI=1S/C17H20Cl2N2S/c18-13-8-5-9-14(19)17(13)15-10-21-16(22-15)11-20-12-6-3-1-2-4-7-12/h5,8-10,12,20H,1-4,6-7,11H2. The van der Waals surface area contributed by atoms with Crippen LogP contribution >= 0.6 is 34.5 Å². The Morgan fingerprint density at radius 3 is 2.45 bits per heavy atom. The number of rotatable bonds is 4. The van der Waals surface area contributed by atoms with E-state index in [4.69, 9.17) is 23.2 Å². The van der Waals surface area contributed by atoms with Crippen molar-refractivity contribution in [3.63, 3.8) is 0 Å². The predicted molar refractivity (Wildman–Crippen MR) is 95.9 cm³/mol. The van der Waals surface area contributed by atoms with Gasteiger partial charge in [0.1, 0.15) is 5.01 Å². The number of nitrogens with one attached hydrogen (secondary N) is 1. The van der Waals surface area contributed by atoms with E-state index in [0.717, 1.165) is 22.0 Å². The summed E-state index contributed by atoms with van der Waals surface area (Å²) in [5.41, 5.74) is 0.893. The van der Waals surface area contributed by atoms with Crippen LogP contribution in [0.25, 0.3) is 10.4 Å². The molecule has 2 aromatic rings. The minimum absolute atomic E-state index is 0.638. The Morgan fingerprint density at radius 2 is 1.77 bits per heavy atom. The molecule has 0 saturated heterocycles. The number of aromatic nitrogens is 1. The fourth-order valence-electron chi connectivity index (χ4n) is 2.96. The molecule has 118 valence electrons. The first-order chi connectivity index (χ1) is 10.7. The maximum absolute atomic E-state index is 6.27. The Balaban J connectivity index is 1.66. The van der Waals surface area contributed by atoms with Gasteiger partial charge in [-0.05, 0) is 25.0 Å². The zero-order valence-corrected chi connectivity index (χ0v) is 14.8. The highest BCUT2D eigenvalue weighted by Crippen LogP contribution is 2.37. The summed E-state index contributed by atoms with van der Waals surface area (Å²) in [6.45, 7) is 0.831. The van der Waals surface area contributed by atoms with Crippen molar-refractivity contribution >= 4 is 34.5 Å². The summed E-state index contributed by atoms with van der Waals surface area (Å²) in [7, 11) is 0. The SMILES string of the molecule is Clc1cccc(Cl)c1-c1cnc(CNC2CCCCCC2)s1. The lowest BCUT2D eigenvalue weighted by Crippen LogP contribution is -2.27. The molecule has 0 radical (unpaired) electrons. The van der Waals surface area contributed by atoms with Gasteiger partial charge >= 0.3 is 0 Å². The van der Waals surface area contributed by atoms with Crippen LogP contribution in [0.15, 0.2) is 24.4 Å². The average molecular weight is 355 g/mol. The fourth-order valence-corrected chi connectivity index (χ4v) is 4.61. The maximum Gasteiger partial charge on any atom is 0.107 e. The third-order valence-corrected chi connectivity index (χ3v) is 5.80. The van der Waals surface area contributed by atoms with Gasteiger partial charge < -0.3 is 5.32 Å². The molecule has 0 spiro atoms. The highest BCUT2D eigenvalue weighted by atomic mass is 35.5. The van der Waals surface area contributed by atoms with Gasteiger partial charge in [0.15, 0.2) is 0 Å². The first-order valence-corrected chi connectivity index (χ1v) is 9.44. The van der Waals surface area contributed by atoms with Gasteiger partial charge in [-0.15, -0.1) is 11.3 Å². The molecular weight excluding hydrogens is 335 g/mol. The third kappa shape index (κ3) is 4.02. The maximum atomic E-state index is 6.27. The molecule has 5 heteroatoms. The molecule has 2 nitrogen and oxygen atoms in total. The van der Waals surface area contributed by atoms with E-state index in [1.54, 1.807) is 11.3 Å². The monoisotopic (exact) mass is 354 g/mol. The molecule has 1 aliphatic carbocycles. The van der Waals surface area contributed by atoms with Gasteiger partial charge in [0.05, 0.1) is 14.9 Å². The molecule has 0 bridgehead atoms. The van der Waals surface area contributed by atoms with Crippen molar-refractivity contribution in [1.82, 2.24) is 10.3 Å². The van der Waals surface area contributed by atoms with Crippen LogP contribution in [0.3, 0.4) is 0 Å². The van der Waals surface area contributed by atoms with E-state index in [1.165, 1.54) is 38.5 Å². The first kappa shape index (κ1) is 16.3. The number of hydrogen-bond donors (Lipinski definition) is 1. The van der Waals surface area contributed by atoms with Gasteiger partial charge in [0.2, 0.25) is 0 Å². The normalized spacial score (nSPS) is 16.6. The average Bonchev–Trinajstić information content (AvgIpc) is 2.80. The first-order valence-electron chi connectivity index (χ1n) is 7.86. The van der Waals surface area contributed by atoms with E-state index in [0.29, 0.717) is 16.1 Å². The topological polar surface area (TPSA) is 24.9 Å². The van der Waals surface area contributed by atoms with E-state index >= 15 is 0 Å². The van der Waals surface area contributed by atoms with Crippen LogP contribution < -0.4 is 5.32 Å². The second-order valence-electron chi connectivity index (χ2n) is 5.78. The predicted octanol–water partition coefficient (Wildman–Crippen LogP) is 5.93. The zero-order valence-electron chi connectivity index (χ0n) is 12.4. The molecule has 0 unspecified atom stereocenters. The molecule has 22 heavy (non-hydrogen) atoms. The van der Waals surface area contributed by atoms with Crippen molar-refractivity contribution < 1.29 is 0 Å². The number of thiazole rings is 1. The third-order valence-electron chi connectivity index (χ3n) is 4.16. The van der Waals surface area contributed by atoms with Gasteiger partial charge in [0, 0.05) is 24.3 Å². The van der Waals surface area contributed by atoms with E-state index in [-0.39, 0.29) is 0 Å². The van der Waals surface area contributed by atoms with Gasteiger partial charge in [-0.1, -0.05) is 55.0 Å². The van der Waals surface area contributed by atoms with Gasteiger partial charge in [-0.2, -0.15) is 0 Å². The van der Waals surface area contributed by atoms with Crippen LogP contribution in [-0.4, -0.2) is 11.0 Å². The van der Waals surface area contributed by atoms with E-state index in [1.807, 2.05) is 24.4 Å². The summed E-state index contributed by atoms with van der Waals surface area (Å²) in [6, 6.07) is 6.24. The van der Waals surface area contributed by atoms with Crippen molar-refractivity contribution in [2.75, 3.05) is 0 Å². The van der Waals surface area contributed by atoms with E-state index < -0.39 is 0 Å². The molecule has 1 saturated carbocycles. The second-order valence-corrected chi connectivity index (χ2v) is 7.71. The molecule has 0 atom stereocenters. The highest BCUT2D eigenvalue weighted by Gasteiger charge is 2.14. The summed E-state index contributed by atoms with van der Waals surface area (Å²) in [5, 5.41) is 6.11. The van der Waals surface area contributed by atoms with Gasteiger partial charge in [-0.25, -0.2) is 4.98 Å². The molecule has 1 N–H and O–H groups in total. The number of benzene rings is 1. The molecule has 1 fully saturated rings. The van der Waals surface area contributed by atoms with Crippen LogP contribution in [0, 0.1) is 0 Å². The van der Waals surface area contributed by atoms with Crippen LogP contribution in [0.1, 0.15) is 43.5 Å². The zero-order chi connectivity index (χ0) is 15.4. The molecule has 1 aromatic heterocycles. The van der Waals surface area contributed by atoms with Crippen molar-refractivity contribution in [2.24, 2.45) is 0 Å². The van der Waals surface area contributed by atoms with Crippen LogP contribution in [0.5, 0.6) is 0 Å². The van der Waals surface area contributed by atoms with Gasteiger partial charge in [0.25, 0.3) is 0 Å². The Hall–Kier alpha value is -0.610. The van der Waals surface area contributed by atoms with E-state index in [9.17, 15) is 0 Å². The quantitative estimate of drug-likeness (QED) is 0.688. The Bertz CT molecular complexity index is 599. The van der Waals surface area contributed by atoms with Crippen molar-refractivity contribution in [2.45, 2.75) is 51.1 Å². The molecular formula is C17H20Cl2N2S. The molecule has 1 heterocycles. The molecule has 0 aliphatic heterocycles. The van der Waals surface area contributed by atoms with Crippen molar-refractivity contribution in [3.8, 4) is 10.4 Å². The second kappa shape index (κ2) is 7.78. The van der Waals surface area contributed by atoms with Crippen LogP contribution in [0.4, 0.5) is 0 Å². The molecule has 0 amide bonds. The van der Waals surface area contributed by atoms with Crippen LogP contribution in [-0.2, 0) is 6.54 Å². The van der Waals surface area contributed by atoms with Crippen molar-refractivity contribution in [3.05, 3.63) is 39.4 Å². The minimum atomic E-state index is 0.638. The lowest BCUT2D eigenvalue weighted by atomic mass is 10.1. The number of hydrogen-bond acceptors (Lipinski definition) is 3. The number of halogens is 2. The summed E-state index contributed by atoms with van der Waals surface area (Å²) >= 11 is 14.2. The summed E-state index contributed by atoms with van der Waals surface area (Å²) in [5.74, 6) is 0.